The quantitative estimate of drug-likeness (QED) is 0.304. The van der Waals surface area contributed by atoms with Crippen molar-refractivity contribution in [3.8, 4) is 0 Å². The molecule has 3 N–H and O–H groups in total. The Labute approximate surface area is 206 Å². The molecule has 0 bridgehead atoms. The maximum atomic E-state index is 9.59. The molecular weight excluding hydrogens is 444 g/mol. The van der Waals surface area contributed by atoms with Crippen molar-refractivity contribution in [3.05, 3.63) is 28.7 Å². The van der Waals surface area contributed by atoms with E-state index in [1.54, 1.807) is 11.8 Å². The minimum Gasteiger partial charge on any atom is -0.396 e. The standard InChI is InChI=1S/C26H36N6OS/c1-15-11-22(24(27-3)23(28-15)18-8-9-18)34-14-21-16(2)29-26(31-19-5-4-6-19)32-25(21)30-20-10-7-17(12-20)13-33/h11,17-20,33H,3-10,12-14H2,1-2H3,(H2,29,30,31,32). The largest absolute Gasteiger partial charge is 0.396 e. The van der Waals surface area contributed by atoms with Crippen molar-refractivity contribution in [3.63, 3.8) is 0 Å². The van der Waals surface area contributed by atoms with Crippen LogP contribution in [0, 0.1) is 19.8 Å². The number of aromatic nitrogens is 3. The first kappa shape index (κ1) is 23.5. The summed E-state index contributed by atoms with van der Waals surface area (Å²) in [5.74, 6) is 3.31. The molecule has 3 aliphatic carbocycles. The molecule has 0 radical (unpaired) electrons. The minimum atomic E-state index is 0.264. The Bertz CT molecular complexity index is 1050. The minimum absolute atomic E-state index is 0.264. The lowest BCUT2D eigenvalue weighted by atomic mass is 9.93. The normalized spacial score (nSPS) is 22.4. The number of aliphatic hydroxyl groups is 1. The third kappa shape index (κ3) is 5.23. The molecular formula is C26H36N6OS. The van der Waals surface area contributed by atoms with Crippen LogP contribution in [0.3, 0.4) is 0 Å². The zero-order valence-corrected chi connectivity index (χ0v) is 21.1. The molecule has 7 nitrogen and oxygen atoms in total. The van der Waals surface area contributed by atoms with Gasteiger partial charge in [-0.25, -0.2) is 4.98 Å². The summed E-state index contributed by atoms with van der Waals surface area (Å²) in [6, 6.07) is 2.94. The second-order valence-electron chi connectivity index (χ2n) is 10.2. The van der Waals surface area contributed by atoms with E-state index in [1.165, 1.54) is 32.1 Å². The highest BCUT2D eigenvalue weighted by Crippen LogP contribution is 2.47. The summed E-state index contributed by atoms with van der Waals surface area (Å²) in [5, 5.41) is 16.8. The lowest BCUT2D eigenvalue weighted by Crippen LogP contribution is -2.28. The van der Waals surface area contributed by atoms with Crippen LogP contribution in [-0.4, -0.2) is 45.5 Å². The molecule has 2 aromatic heterocycles. The SMILES string of the molecule is C=Nc1c(SCc2c(C)nc(NC3CCC3)nc2NC2CCC(CO)C2)cc(C)nc1C1CC1. The van der Waals surface area contributed by atoms with Crippen molar-refractivity contribution in [2.75, 3.05) is 17.2 Å². The van der Waals surface area contributed by atoms with Gasteiger partial charge in [0.25, 0.3) is 0 Å². The summed E-state index contributed by atoms with van der Waals surface area (Å²) >= 11 is 1.77. The van der Waals surface area contributed by atoms with E-state index in [-0.39, 0.29) is 6.61 Å². The van der Waals surface area contributed by atoms with Gasteiger partial charge < -0.3 is 15.7 Å². The van der Waals surface area contributed by atoms with E-state index in [0.29, 0.717) is 23.9 Å². The summed E-state index contributed by atoms with van der Waals surface area (Å²) in [6.07, 6.45) is 9.13. The fraction of sp³-hybridized carbons (Fsp3) is 0.615. The molecule has 34 heavy (non-hydrogen) atoms. The Kier molecular flexibility index (Phi) is 7.06. The number of anilines is 2. The van der Waals surface area contributed by atoms with Crippen LogP contribution >= 0.6 is 11.8 Å². The number of aryl methyl sites for hydroxylation is 2. The molecule has 2 heterocycles. The zero-order chi connectivity index (χ0) is 23.7. The van der Waals surface area contributed by atoms with Crippen molar-refractivity contribution < 1.29 is 5.11 Å². The smallest absolute Gasteiger partial charge is 0.225 e. The van der Waals surface area contributed by atoms with E-state index in [4.69, 9.17) is 15.0 Å². The van der Waals surface area contributed by atoms with Gasteiger partial charge in [0.05, 0.1) is 11.4 Å². The van der Waals surface area contributed by atoms with Crippen molar-refractivity contribution in [1.29, 1.82) is 0 Å². The predicted octanol–water partition coefficient (Wildman–Crippen LogP) is 5.53. The number of aliphatic hydroxyl groups excluding tert-OH is 1. The first-order chi connectivity index (χ1) is 16.5. The Morgan fingerprint density at radius 1 is 1.06 bits per heavy atom. The Balaban J connectivity index is 1.40. The maximum absolute atomic E-state index is 9.59. The molecule has 0 saturated heterocycles. The number of rotatable bonds is 10. The second kappa shape index (κ2) is 10.2. The number of nitrogens with one attached hydrogen (secondary N) is 2. The highest BCUT2D eigenvalue weighted by atomic mass is 32.2. The summed E-state index contributed by atoms with van der Waals surface area (Å²) < 4.78 is 0. The first-order valence-electron chi connectivity index (χ1n) is 12.7. The van der Waals surface area contributed by atoms with Gasteiger partial charge in [0, 0.05) is 52.2 Å². The van der Waals surface area contributed by atoms with E-state index < -0.39 is 0 Å². The van der Waals surface area contributed by atoms with Crippen molar-refractivity contribution >= 4 is 35.9 Å². The van der Waals surface area contributed by atoms with E-state index in [0.717, 1.165) is 70.0 Å². The van der Waals surface area contributed by atoms with Crippen LogP contribution in [0.25, 0.3) is 0 Å². The third-order valence-corrected chi connectivity index (χ3v) is 8.45. The van der Waals surface area contributed by atoms with Gasteiger partial charge in [-0.15, -0.1) is 11.8 Å². The van der Waals surface area contributed by atoms with Crippen molar-refractivity contribution in [2.24, 2.45) is 10.9 Å². The maximum Gasteiger partial charge on any atom is 0.225 e. The van der Waals surface area contributed by atoms with Crippen molar-refractivity contribution in [1.82, 2.24) is 15.0 Å². The molecule has 5 rings (SSSR count). The monoisotopic (exact) mass is 480 g/mol. The summed E-state index contributed by atoms with van der Waals surface area (Å²) in [6.45, 7) is 8.26. The van der Waals surface area contributed by atoms with Gasteiger partial charge in [0.1, 0.15) is 5.82 Å². The second-order valence-corrected chi connectivity index (χ2v) is 11.2. The number of pyridine rings is 1. The molecule has 3 aliphatic rings. The predicted molar refractivity (Wildman–Crippen MR) is 140 cm³/mol. The average Bonchev–Trinajstić information content (AvgIpc) is 3.54. The van der Waals surface area contributed by atoms with E-state index in [1.807, 2.05) is 0 Å². The molecule has 182 valence electrons. The van der Waals surface area contributed by atoms with Crippen LogP contribution in [0.4, 0.5) is 17.5 Å². The van der Waals surface area contributed by atoms with Gasteiger partial charge >= 0.3 is 0 Å². The van der Waals surface area contributed by atoms with Crippen LogP contribution in [0.5, 0.6) is 0 Å². The van der Waals surface area contributed by atoms with Gasteiger partial charge in [-0.1, -0.05) is 0 Å². The van der Waals surface area contributed by atoms with Crippen LogP contribution in [0.15, 0.2) is 16.0 Å². The molecule has 0 aliphatic heterocycles. The Hall–Kier alpha value is -2.19. The Morgan fingerprint density at radius 2 is 1.88 bits per heavy atom. The molecule has 0 spiro atoms. The molecule has 8 heteroatoms. The molecule has 0 amide bonds. The van der Waals surface area contributed by atoms with Gasteiger partial charge in [-0.3, -0.25) is 9.98 Å². The van der Waals surface area contributed by atoms with Crippen molar-refractivity contribution in [2.45, 2.75) is 93.9 Å². The zero-order valence-electron chi connectivity index (χ0n) is 20.3. The number of nitrogens with zero attached hydrogens (tertiary/aromatic N) is 4. The molecule has 2 aromatic rings. The average molecular weight is 481 g/mol. The highest BCUT2D eigenvalue weighted by Gasteiger charge is 2.30. The molecule has 3 saturated carbocycles. The van der Waals surface area contributed by atoms with Gasteiger partial charge in [0.15, 0.2) is 0 Å². The van der Waals surface area contributed by atoms with Gasteiger partial charge in [0.2, 0.25) is 5.95 Å². The van der Waals surface area contributed by atoms with Crippen LogP contribution < -0.4 is 10.6 Å². The molecule has 0 aromatic carbocycles. The molecule has 2 unspecified atom stereocenters. The summed E-state index contributed by atoms with van der Waals surface area (Å²) in [5.41, 5.74) is 5.21. The van der Waals surface area contributed by atoms with Crippen LogP contribution in [0.2, 0.25) is 0 Å². The van der Waals surface area contributed by atoms with Crippen LogP contribution in [0.1, 0.15) is 79.9 Å². The number of aliphatic imine (C=N–C) groups is 1. The van der Waals surface area contributed by atoms with E-state index in [2.05, 4.69) is 42.3 Å². The van der Waals surface area contributed by atoms with Crippen LogP contribution in [-0.2, 0) is 5.75 Å². The lowest BCUT2D eigenvalue weighted by molar-refractivity contribution is 0.229. The lowest BCUT2D eigenvalue weighted by Gasteiger charge is -2.27. The summed E-state index contributed by atoms with van der Waals surface area (Å²) in [7, 11) is 0. The summed E-state index contributed by atoms with van der Waals surface area (Å²) in [4.78, 5) is 20.1. The highest BCUT2D eigenvalue weighted by molar-refractivity contribution is 7.98. The van der Waals surface area contributed by atoms with E-state index >= 15 is 0 Å². The first-order valence-corrected chi connectivity index (χ1v) is 13.6. The number of hydrogen-bond donors (Lipinski definition) is 3. The molecule has 2 atom stereocenters. The van der Waals surface area contributed by atoms with Gasteiger partial charge in [-0.2, -0.15) is 4.98 Å². The fourth-order valence-corrected chi connectivity index (χ4v) is 6.18. The fourth-order valence-electron chi connectivity index (χ4n) is 4.97. The number of thioether (sulfide) groups is 1. The Morgan fingerprint density at radius 3 is 2.53 bits per heavy atom. The van der Waals surface area contributed by atoms with Gasteiger partial charge in [-0.05, 0) is 83.9 Å². The topological polar surface area (TPSA) is 95.3 Å². The molecule has 3 fully saturated rings. The van der Waals surface area contributed by atoms with E-state index in [9.17, 15) is 5.11 Å². The third-order valence-electron chi connectivity index (χ3n) is 7.40. The number of hydrogen-bond acceptors (Lipinski definition) is 8.